The molecule has 4 heterocycles. The molecule has 3 aromatic carbocycles. The number of aromatic nitrogens is 3. The number of amides is 1. The lowest BCUT2D eigenvalue weighted by Crippen LogP contribution is -2.37. The van der Waals surface area contributed by atoms with Crippen molar-refractivity contribution in [1.29, 1.82) is 0 Å². The van der Waals surface area contributed by atoms with E-state index < -0.39 is 17.2 Å². The molecule has 40 heavy (non-hydrogen) atoms. The van der Waals surface area contributed by atoms with Crippen LogP contribution in [0.15, 0.2) is 72.2 Å². The number of fused-ring (bicyclic) bond motifs is 4. The van der Waals surface area contributed by atoms with E-state index in [2.05, 4.69) is 10.3 Å². The Morgan fingerprint density at radius 1 is 1.07 bits per heavy atom. The van der Waals surface area contributed by atoms with Crippen molar-refractivity contribution in [2.24, 2.45) is 0 Å². The van der Waals surface area contributed by atoms with Crippen molar-refractivity contribution in [3.63, 3.8) is 0 Å². The van der Waals surface area contributed by atoms with Crippen molar-refractivity contribution in [2.75, 3.05) is 37.7 Å². The summed E-state index contributed by atoms with van der Waals surface area (Å²) in [5.74, 6) is -0.267. The van der Waals surface area contributed by atoms with Gasteiger partial charge in [0.15, 0.2) is 17.3 Å². The number of carbonyl (C=O) groups is 1. The molecule has 0 bridgehead atoms. The van der Waals surface area contributed by atoms with Crippen LogP contribution >= 0.6 is 0 Å². The molecule has 0 spiro atoms. The lowest BCUT2D eigenvalue weighted by Gasteiger charge is -2.33. The average molecular weight is 540 g/mol. The Kier molecular flexibility index (Phi) is 5.96. The van der Waals surface area contributed by atoms with E-state index in [1.165, 1.54) is 6.07 Å². The van der Waals surface area contributed by atoms with Gasteiger partial charge in [-0.1, -0.05) is 30.3 Å². The van der Waals surface area contributed by atoms with Gasteiger partial charge in [0.1, 0.15) is 16.8 Å². The van der Waals surface area contributed by atoms with Crippen LogP contribution in [0.2, 0.25) is 0 Å². The predicted octanol–water partition coefficient (Wildman–Crippen LogP) is 4.24. The Hall–Kier alpha value is -4.70. The highest BCUT2D eigenvalue weighted by molar-refractivity contribution is 6.03. The number of hydrogen-bond donors (Lipinski definition) is 1. The second-order valence-corrected chi connectivity index (χ2v) is 9.92. The van der Waals surface area contributed by atoms with Gasteiger partial charge in [-0.25, -0.2) is 9.37 Å². The number of morpholine rings is 1. The smallest absolute Gasteiger partial charge is 0.256 e. The van der Waals surface area contributed by atoms with E-state index in [-0.39, 0.29) is 16.7 Å². The summed E-state index contributed by atoms with van der Waals surface area (Å²) >= 11 is 0. The third kappa shape index (κ3) is 3.99. The van der Waals surface area contributed by atoms with E-state index in [0.29, 0.717) is 68.5 Å². The lowest BCUT2D eigenvalue weighted by molar-refractivity contribution is 0.0951. The molecule has 7 rings (SSSR count). The number of aryl methyl sites for hydroxylation is 1. The Morgan fingerprint density at radius 3 is 2.75 bits per heavy atom. The highest BCUT2D eigenvalue weighted by Gasteiger charge is 2.31. The molecule has 0 atom stereocenters. The van der Waals surface area contributed by atoms with Crippen LogP contribution in [-0.2, 0) is 11.3 Å². The molecule has 1 saturated heterocycles. The molecule has 0 aliphatic carbocycles. The Balaban J connectivity index is 1.37. The van der Waals surface area contributed by atoms with E-state index in [4.69, 9.17) is 9.47 Å². The molecule has 2 aliphatic heterocycles. The summed E-state index contributed by atoms with van der Waals surface area (Å²) in [5.41, 5.74) is 0.803. The van der Waals surface area contributed by atoms with Gasteiger partial charge in [0.25, 0.3) is 5.91 Å². The van der Waals surface area contributed by atoms with Crippen LogP contribution in [-0.4, -0.2) is 52.9 Å². The third-order valence-electron chi connectivity index (χ3n) is 7.50. The first-order valence-corrected chi connectivity index (χ1v) is 13.3. The predicted molar refractivity (Wildman–Crippen MR) is 149 cm³/mol. The summed E-state index contributed by atoms with van der Waals surface area (Å²) in [5, 5.41) is 4.75. The first-order chi connectivity index (χ1) is 19.6. The zero-order valence-electron chi connectivity index (χ0n) is 21.6. The molecule has 0 unspecified atom stereocenters. The number of carbonyl (C=O) groups excluding carboxylic acids is 1. The molecule has 10 heteroatoms. The minimum Gasteiger partial charge on any atom is -0.450 e. The van der Waals surface area contributed by atoms with Crippen LogP contribution in [0.4, 0.5) is 10.1 Å². The SMILES string of the molecule is O=C(NCCCn1ccnc1)c1cn2c3c(c(N4CCOCC4)c(F)cc3c1=O)Oc1c-2ccc2ccccc12. The van der Waals surface area contributed by atoms with E-state index in [0.717, 1.165) is 10.8 Å². The van der Waals surface area contributed by atoms with Gasteiger partial charge in [-0.3, -0.25) is 9.59 Å². The number of pyridine rings is 1. The molecular weight excluding hydrogens is 513 g/mol. The van der Waals surface area contributed by atoms with Crippen molar-refractivity contribution in [3.05, 3.63) is 89.0 Å². The maximum Gasteiger partial charge on any atom is 0.256 e. The van der Waals surface area contributed by atoms with Crippen molar-refractivity contribution in [1.82, 2.24) is 19.4 Å². The molecule has 1 fully saturated rings. The molecule has 202 valence electrons. The second kappa shape index (κ2) is 9.80. The lowest BCUT2D eigenvalue weighted by atomic mass is 10.0. The summed E-state index contributed by atoms with van der Waals surface area (Å²) in [6.45, 7) is 2.95. The number of anilines is 1. The summed E-state index contributed by atoms with van der Waals surface area (Å²) < 4.78 is 31.6. The Labute approximate surface area is 228 Å². The maximum absolute atomic E-state index is 15.9. The standard InChI is InChI=1S/C30H26FN5O4/c31-23-16-21-25-29(26(23)35-12-14-39-15-13-35)40-28-20-5-2-1-4-19(20)6-7-24(28)36(25)17-22(27(21)37)30(38)33-8-3-10-34-11-9-32-18-34/h1-2,4-7,9,11,16-18H,3,8,10,12-15H2,(H,33,38). The molecule has 2 aromatic heterocycles. The number of nitrogens with zero attached hydrogens (tertiary/aromatic N) is 4. The Morgan fingerprint density at radius 2 is 1.93 bits per heavy atom. The number of halogens is 1. The van der Waals surface area contributed by atoms with Gasteiger partial charge in [-0.15, -0.1) is 0 Å². The van der Waals surface area contributed by atoms with Crippen molar-refractivity contribution < 1.29 is 18.7 Å². The van der Waals surface area contributed by atoms with Crippen molar-refractivity contribution in [2.45, 2.75) is 13.0 Å². The largest absolute Gasteiger partial charge is 0.450 e. The van der Waals surface area contributed by atoms with Gasteiger partial charge in [0.2, 0.25) is 5.43 Å². The molecule has 0 radical (unpaired) electrons. The number of imidazole rings is 1. The van der Waals surface area contributed by atoms with Gasteiger partial charge in [0.05, 0.1) is 30.6 Å². The first-order valence-electron chi connectivity index (χ1n) is 13.3. The molecule has 2 aliphatic rings. The van der Waals surface area contributed by atoms with Gasteiger partial charge in [-0.2, -0.15) is 0 Å². The van der Waals surface area contributed by atoms with Crippen LogP contribution in [0, 0.1) is 5.82 Å². The van der Waals surface area contributed by atoms with Gasteiger partial charge in [-0.05, 0) is 23.9 Å². The normalized spacial score (nSPS) is 14.3. The molecule has 0 saturated carbocycles. The van der Waals surface area contributed by atoms with E-state index >= 15 is 4.39 Å². The summed E-state index contributed by atoms with van der Waals surface area (Å²) in [7, 11) is 0. The molecule has 5 aromatic rings. The monoisotopic (exact) mass is 539 g/mol. The maximum atomic E-state index is 15.9. The fraction of sp³-hybridized carbons (Fsp3) is 0.233. The van der Waals surface area contributed by atoms with Crippen LogP contribution in [0.3, 0.4) is 0 Å². The first kappa shape index (κ1) is 24.3. The highest BCUT2D eigenvalue weighted by Crippen LogP contribution is 2.48. The minimum absolute atomic E-state index is 0.0550. The zero-order valence-corrected chi connectivity index (χ0v) is 21.6. The molecular formula is C30H26FN5O4. The topological polar surface area (TPSA) is 90.6 Å². The zero-order chi connectivity index (χ0) is 27.2. The van der Waals surface area contributed by atoms with Crippen molar-refractivity contribution in [3.8, 4) is 17.2 Å². The third-order valence-corrected chi connectivity index (χ3v) is 7.50. The van der Waals surface area contributed by atoms with Gasteiger partial charge < -0.3 is 28.8 Å². The van der Waals surface area contributed by atoms with Crippen LogP contribution in [0.5, 0.6) is 11.5 Å². The number of ether oxygens (including phenoxy) is 2. The van der Waals surface area contributed by atoms with Gasteiger partial charge >= 0.3 is 0 Å². The van der Waals surface area contributed by atoms with E-state index in [1.807, 2.05) is 52.1 Å². The number of nitrogens with one attached hydrogen (secondary N) is 1. The fourth-order valence-corrected chi connectivity index (χ4v) is 5.55. The summed E-state index contributed by atoms with van der Waals surface area (Å²) in [6.07, 6.45) is 7.47. The van der Waals surface area contributed by atoms with Crippen molar-refractivity contribution >= 4 is 33.3 Å². The number of benzene rings is 3. The molecule has 9 nitrogen and oxygen atoms in total. The minimum atomic E-state index is -0.574. The second-order valence-electron chi connectivity index (χ2n) is 9.92. The molecule has 1 N–H and O–H groups in total. The fourth-order valence-electron chi connectivity index (χ4n) is 5.55. The highest BCUT2D eigenvalue weighted by atomic mass is 19.1. The average Bonchev–Trinajstić information content (AvgIpc) is 3.50. The Bertz CT molecular complexity index is 1830. The van der Waals surface area contributed by atoms with E-state index in [9.17, 15) is 9.59 Å². The summed E-state index contributed by atoms with van der Waals surface area (Å²) in [4.78, 5) is 32.8. The molecule has 1 amide bonds. The summed E-state index contributed by atoms with van der Waals surface area (Å²) in [6, 6.07) is 12.9. The van der Waals surface area contributed by atoms with Gasteiger partial charge in [0, 0.05) is 50.2 Å². The quantitative estimate of drug-likeness (QED) is 0.319. The number of rotatable bonds is 6. The van der Waals surface area contributed by atoms with Crippen LogP contribution in [0.1, 0.15) is 16.8 Å². The van der Waals surface area contributed by atoms with E-state index in [1.54, 1.807) is 23.3 Å². The number of hydrogen-bond acceptors (Lipinski definition) is 6. The van der Waals surface area contributed by atoms with Crippen LogP contribution in [0.25, 0.3) is 27.4 Å². The van der Waals surface area contributed by atoms with Crippen LogP contribution < -0.4 is 20.4 Å².